The van der Waals surface area contributed by atoms with Gasteiger partial charge in [0.05, 0.1) is 6.10 Å². The number of nitrogens with zero attached hydrogens (tertiary/aromatic N) is 3. The molecule has 0 unspecified atom stereocenters. The SMILES string of the molecule is CC(C)c1ccc([C@](O)(c2cccc(-c3noc([C@H]4CC[C@H](O)CC4)n3)c2)C2(C)CN(C)C2)cc1. The highest BCUT2D eigenvalue weighted by Gasteiger charge is 2.55. The molecule has 0 radical (unpaired) electrons. The maximum Gasteiger partial charge on any atom is 0.230 e. The quantitative estimate of drug-likeness (QED) is 0.518. The van der Waals surface area contributed by atoms with Crippen LogP contribution in [0.3, 0.4) is 0 Å². The average Bonchev–Trinajstić information content (AvgIpc) is 3.33. The van der Waals surface area contributed by atoms with Crippen LogP contribution >= 0.6 is 0 Å². The predicted octanol–water partition coefficient (Wildman–Crippen LogP) is 5.07. The largest absolute Gasteiger partial charge is 0.393 e. The monoisotopic (exact) mass is 475 g/mol. The summed E-state index contributed by atoms with van der Waals surface area (Å²) < 4.78 is 5.64. The Labute approximate surface area is 208 Å². The Morgan fingerprint density at radius 1 is 1.03 bits per heavy atom. The molecule has 2 heterocycles. The molecule has 5 rings (SSSR count). The Morgan fingerprint density at radius 3 is 2.34 bits per heavy atom. The highest BCUT2D eigenvalue weighted by atomic mass is 16.5. The van der Waals surface area contributed by atoms with Gasteiger partial charge in [-0.05, 0) is 61.4 Å². The third-order valence-electron chi connectivity index (χ3n) is 8.13. The van der Waals surface area contributed by atoms with Crippen LogP contribution in [0.25, 0.3) is 11.4 Å². The van der Waals surface area contributed by atoms with E-state index in [1.165, 1.54) is 5.56 Å². The molecular weight excluding hydrogens is 438 g/mol. The second-order valence-corrected chi connectivity index (χ2v) is 11.3. The molecule has 1 aromatic heterocycles. The van der Waals surface area contributed by atoms with Crippen molar-refractivity contribution in [3.8, 4) is 11.4 Å². The zero-order valence-corrected chi connectivity index (χ0v) is 21.2. The Kier molecular flexibility index (Phi) is 6.32. The van der Waals surface area contributed by atoms with Gasteiger partial charge in [0.2, 0.25) is 11.7 Å². The third-order valence-corrected chi connectivity index (χ3v) is 8.13. The lowest BCUT2D eigenvalue weighted by molar-refractivity contribution is -0.127. The first-order valence-electron chi connectivity index (χ1n) is 12.8. The molecule has 3 aromatic rings. The highest BCUT2D eigenvalue weighted by Crippen LogP contribution is 2.50. The van der Waals surface area contributed by atoms with E-state index in [4.69, 9.17) is 9.51 Å². The van der Waals surface area contributed by atoms with Crippen LogP contribution in [-0.4, -0.2) is 51.5 Å². The zero-order chi connectivity index (χ0) is 24.8. The van der Waals surface area contributed by atoms with Gasteiger partial charge in [-0.1, -0.05) is 68.4 Å². The average molecular weight is 476 g/mol. The van der Waals surface area contributed by atoms with Crippen LogP contribution in [0.1, 0.15) is 80.9 Å². The van der Waals surface area contributed by atoms with Gasteiger partial charge >= 0.3 is 0 Å². The molecular formula is C29H37N3O3. The number of rotatable bonds is 6. The van der Waals surface area contributed by atoms with Crippen LogP contribution in [0, 0.1) is 5.41 Å². The topological polar surface area (TPSA) is 82.6 Å². The normalized spacial score (nSPS) is 24.2. The number of benzene rings is 2. The van der Waals surface area contributed by atoms with E-state index in [1.807, 2.05) is 24.3 Å². The molecule has 0 spiro atoms. The fourth-order valence-electron chi connectivity index (χ4n) is 6.07. The molecule has 1 saturated carbocycles. The molecule has 35 heavy (non-hydrogen) atoms. The van der Waals surface area contributed by atoms with Crippen LogP contribution in [0.5, 0.6) is 0 Å². The van der Waals surface area contributed by atoms with E-state index in [0.717, 1.165) is 55.5 Å². The fraction of sp³-hybridized carbons (Fsp3) is 0.517. The Balaban J connectivity index is 1.50. The van der Waals surface area contributed by atoms with Crippen molar-refractivity contribution < 1.29 is 14.7 Å². The van der Waals surface area contributed by atoms with Crippen LogP contribution < -0.4 is 0 Å². The lowest BCUT2D eigenvalue weighted by atomic mass is 9.62. The molecule has 2 N–H and O–H groups in total. The van der Waals surface area contributed by atoms with Crippen molar-refractivity contribution in [2.75, 3.05) is 20.1 Å². The number of aliphatic hydroxyl groups is 2. The molecule has 1 atom stereocenters. The van der Waals surface area contributed by atoms with E-state index in [1.54, 1.807) is 0 Å². The van der Waals surface area contributed by atoms with Gasteiger partial charge in [0.15, 0.2) is 0 Å². The van der Waals surface area contributed by atoms with Crippen molar-refractivity contribution in [1.29, 1.82) is 0 Å². The molecule has 0 bridgehead atoms. The minimum atomic E-state index is -1.16. The van der Waals surface area contributed by atoms with Crippen molar-refractivity contribution in [2.45, 2.75) is 70.0 Å². The first-order chi connectivity index (χ1) is 16.7. The van der Waals surface area contributed by atoms with Gasteiger partial charge in [-0.15, -0.1) is 0 Å². The first-order valence-corrected chi connectivity index (χ1v) is 12.8. The van der Waals surface area contributed by atoms with E-state index in [9.17, 15) is 10.2 Å². The van der Waals surface area contributed by atoms with Crippen LogP contribution in [0.4, 0.5) is 0 Å². The summed E-state index contributed by atoms with van der Waals surface area (Å²) in [7, 11) is 2.09. The fourth-order valence-corrected chi connectivity index (χ4v) is 6.07. The molecule has 186 valence electrons. The van der Waals surface area contributed by atoms with E-state index in [2.05, 4.69) is 62.1 Å². The summed E-state index contributed by atoms with van der Waals surface area (Å²) in [5.41, 5.74) is 2.36. The first kappa shape index (κ1) is 24.2. The predicted molar refractivity (Wildman–Crippen MR) is 136 cm³/mol. The molecule has 2 aliphatic rings. The van der Waals surface area contributed by atoms with E-state index in [-0.39, 0.29) is 17.4 Å². The molecule has 6 heteroatoms. The second kappa shape index (κ2) is 9.16. The maximum atomic E-state index is 12.5. The highest BCUT2D eigenvalue weighted by molar-refractivity contribution is 5.58. The number of aromatic nitrogens is 2. The Bertz CT molecular complexity index is 1160. The lowest BCUT2D eigenvalue weighted by Gasteiger charge is -2.56. The Morgan fingerprint density at radius 2 is 1.71 bits per heavy atom. The van der Waals surface area contributed by atoms with Gasteiger partial charge < -0.3 is 19.6 Å². The van der Waals surface area contributed by atoms with E-state index >= 15 is 0 Å². The minimum Gasteiger partial charge on any atom is -0.393 e. The summed E-state index contributed by atoms with van der Waals surface area (Å²) in [5.74, 6) is 1.82. The standard InChI is InChI=1S/C29H37N3O3/c1-19(2)20-8-12-23(13-9-20)29(34,28(3)17-32(4)18-28)24-7-5-6-22(16-24)26-30-27(35-31-26)21-10-14-25(33)15-11-21/h5-9,12-13,16,19,21,25,33-34H,10-11,14-15,17-18H2,1-4H3/t21-,25-,29-/m0/s1. The van der Waals surface area contributed by atoms with Crippen molar-refractivity contribution in [3.63, 3.8) is 0 Å². The summed E-state index contributed by atoms with van der Waals surface area (Å²) in [6.07, 6.45) is 3.05. The summed E-state index contributed by atoms with van der Waals surface area (Å²) in [6, 6.07) is 16.4. The maximum absolute atomic E-state index is 12.5. The molecule has 1 aliphatic heterocycles. The molecule has 6 nitrogen and oxygen atoms in total. The second-order valence-electron chi connectivity index (χ2n) is 11.3. The van der Waals surface area contributed by atoms with Crippen molar-refractivity contribution in [1.82, 2.24) is 15.0 Å². The van der Waals surface area contributed by atoms with Crippen LogP contribution in [-0.2, 0) is 5.60 Å². The molecule has 1 saturated heterocycles. The van der Waals surface area contributed by atoms with Gasteiger partial charge in [-0.2, -0.15) is 4.98 Å². The van der Waals surface area contributed by atoms with E-state index < -0.39 is 5.60 Å². The smallest absolute Gasteiger partial charge is 0.230 e. The van der Waals surface area contributed by atoms with Crippen LogP contribution in [0.15, 0.2) is 53.1 Å². The van der Waals surface area contributed by atoms with Crippen molar-refractivity contribution >= 4 is 0 Å². The minimum absolute atomic E-state index is 0.198. The summed E-state index contributed by atoms with van der Waals surface area (Å²) in [5, 5.41) is 26.6. The number of hydrogen-bond donors (Lipinski definition) is 2. The third kappa shape index (κ3) is 4.32. The van der Waals surface area contributed by atoms with Gasteiger partial charge in [-0.3, -0.25) is 0 Å². The molecule has 2 aromatic carbocycles. The summed E-state index contributed by atoms with van der Waals surface area (Å²) in [4.78, 5) is 6.96. The van der Waals surface area contributed by atoms with Crippen molar-refractivity contribution in [2.24, 2.45) is 5.41 Å². The number of aliphatic hydroxyl groups excluding tert-OH is 1. The number of likely N-dealkylation sites (tertiary alicyclic amines) is 1. The van der Waals surface area contributed by atoms with Gasteiger partial charge in [-0.25, -0.2) is 0 Å². The molecule has 1 aliphatic carbocycles. The Hall–Kier alpha value is -2.54. The molecule has 2 fully saturated rings. The summed E-state index contributed by atoms with van der Waals surface area (Å²) in [6.45, 7) is 8.14. The van der Waals surface area contributed by atoms with E-state index in [0.29, 0.717) is 17.6 Å². The lowest BCUT2D eigenvalue weighted by Crippen LogP contribution is -2.63. The molecule has 0 amide bonds. The van der Waals surface area contributed by atoms with Gasteiger partial charge in [0.25, 0.3) is 0 Å². The van der Waals surface area contributed by atoms with Gasteiger partial charge in [0, 0.05) is 30.0 Å². The number of hydrogen-bond acceptors (Lipinski definition) is 6. The van der Waals surface area contributed by atoms with Crippen molar-refractivity contribution in [3.05, 3.63) is 71.1 Å². The zero-order valence-electron chi connectivity index (χ0n) is 21.2. The summed E-state index contributed by atoms with van der Waals surface area (Å²) >= 11 is 0. The van der Waals surface area contributed by atoms with Gasteiger partial charge in [0.1, 0.15) is 5.60 Å². The van der Waals surface area contributed by atoms with Crippen LogP contribution in [0.2, 0.25) is 0 Å².